The lowest BCUT2D eigenvalue weighted by Crippen LogP contribution is -2.42. The highest BCUT2D eigenvalue weighted by atomic mass is 16.7. The van der Waals surface area contributed by atoms with E-state index in [0.717, 1.165) is 37.4 Å². The molecule has 1 aromatic carbocycles. The van der Waals surface area contributed by atoms with E-state index in [0.29, 0.717) is 6.61 Å². The van der Waals surface area contributed by atoms with E-state index >= 15 is 0 Å². The van der Waals surface area contributed by atoms with E-state index in [4.69, 9.17) is 9.47 Å². The monoisotopic (exact) mass is 468 g/mol. The van der Waals surface area contributed by atoms with Gasteiger partial charge in [-0.25, -0.2) is 0 Å². The highest BCUT2D eigenvalue weighted by molar-refractivity contribution is 5.27. The van der Waals surface area contributed by atoms with E-state index in [1.807, 2.05) is 13.8 Å². The van der Waals surface area contributed by atoms with Crippen molar-refractivity contribution in [3.8, 4) is 5.75 Å². The average Bonchev–Trinajstić information content (AvgIpc) is 2.84. The van der Waals surface area contributed by atoms with Crippen LogP contribution in [-0.2, 0) is 11.2 Å². The van der Waals surface area contributed by atoms with E-state index in [1.54, 1.807) is 0 Å². The van der Waals surface area contributed by atoms with Gasteiger partial charge in [0.1, 0.15) is 5.75 Å². The van der Waals surface area contributed by atoms with Crippen LogP contribution < -0.4 is 4.74 Å². The van der Waals surface area contributed by atoms with Crippen LogP contribution >= 0.6 is 0 Å². The maximum atomic E-state index is 6.54. The molecule has 2 aliphatic carbocycles. The molecule has 34 heavy (non-hydrogen) atoms. The van der Waals surface area contributed by atoms with E-state index in [2.05, 4.69) is 77.1 Å². The lowest BCUT2D eigenvalue weighted by atomic mass is 9.57. The smallest absolute Gasteiger partial charge is 0.200 e. The number of benzene rings is 1. The topological polar surface area (TPSA) is 18.5 Å². The Balaban J connectivity index is 0.00000199. The first-order valence-corrected chi connectivity index (χ1v) is 14.0. The Bertz CT molecular complexity index is 742. The van der Waals surface area contributed by atoms with Crippen molar-refractivity contribution in [2.24, 2.45) is 16.7 Å². The molecular weight excluding hydrogens is 416 g/mol. The lowest BCUT2D eigenvalue weighted by molar-refractivity contribution is -0.124. The van der Waals surface area contributed by atoms with Gasteiger partial charge in [-0.15, -0.1) is 0 Å². The Hall–Kier alpha value is -1.54. The van der Waals surface area contributed by atoms with E-state index in [1.165, 1.54) is 49.7 Å². The second kappa shape index (κ2) is 14.1. The third-order valence-corrected chi connectivity index (χ3v) is 7.67. The van der Waals surface area contributed by atoms with Crippen LogP contribution in [0.15, 0.2) is 48.1 Å². The minimum absolute atomic E-state index is 0.218. The summed E-state index contributed by atoms with van der Waals surface area (Å²) in [5.74, 6) is 1.66. The first kappa shape index (κ1) is 28.7. The Morgan fingerprint density at radius 1 is 0.941 bits per heavy atom. The molecule has 1 aromatic rings. The minimum atomic E-state index is -0.218. The summed E-state index contributed by atoms with van der Waals surface area (Å²) < 4.78 is 13.0. The average molecular weight is 469 g/mol. The van der Waals surface area contributed by atoms with Crippen molar-refractivity contribution in [1.29, 1.82) is 0 Å². The summed E-state index contributed by atoms with van der Waals surface area (Å²) >= 11 is 0. The molecule has 1 saturated carbocycles. The van der Waals surface area contributed by atoms with Gasteiger partial charge < -0.3 is 9.47 Å². The summed E-state index contributed by atoms with van der Waals surface area (Å²) in [5.41, 5.74) is 3.18. The lowest BCUT2D eigenvalue weighted by Gasteiger charge is -2.49. The van der Waals surface area contributed by atoms with Crippen molar-refractivity contribution in [1.82, 2.24) is 0 Å². The maximum absolute atomic E-state index is 6.54. The molecule has 1 fully saturated rings. The molecule has 192 valence electrons. The Morgan fingerprint density at radius 3 is 2.18 bits per heavy atom. The Labute approximate surface area is 211 Å². The zero-order valence-corrected chi connectivity index (χ0v) is 23.3. The van der Waals surface area contributed by atoms with Gasteiger partial charge in [0.25, 0.3) is 0 Å². The summed E-state index contributed by atoms with van der Waals surface area (Å²) in [7, 11) is 0. The zero-order valence-electron chi connectivity index (χ0n) is 23.3. The number of aryl methyl sites for hydroxylation is 1. The molecule has 0 N–H and O–H groups in total. The molecule has 0 aromatic heterocycles. The highest BCUT2D eigenvalue weighted by Gasteiger charge is 2.44. The summed E-state index contributed by atoms with van der Waals surface area (Å²) in [6.07, 6.45) is 18.7. The standard InChI is InChI=1S/C30H46O2.C2H6/c1-24(2)14-15-25-16-18-27(19-17-25)32-28(31-23-26-12-8-6-9-13-26)22-30(29(3,4)5)20-10-7-11-21-30;1-2/h8,12-13,16-19,24,28H,6-7,9-11,14-15,20-23H2,1-5H3;1-2H3. The van der Waals surface area contributed by atoms with Crippen LogP contribution in [0.1, 0.15) is 112 Å². The van der Waals surface area contributed by atoms with E-state index in [-0.39, 0.29) is 17.1 Å². The van der Waals surface area contributed by atoms with E-state index < -0.39 is 0 Å². The fourth-order valence-corrected chi connectivity index (χ4v) is 5.25. The van der Waals surface area contributed by atoms with Crippen molar-refractivity contribution in [2.75, 3.05) is 6.61 Å². The second-order valence-corrected chi connectivity index (χ2v) is 11.5. The number of ether oxygens (including phenoxy) is 2. The van der Waals surface area contributed by atoms with Crippen molar-refractivity contribution in [3.63, 3.8) is 0 Å². The van der Waals surface area contributed by atoms with Gasteiger partial charge in [-0.2, -0.15) is 0 Å². The Morgan fingerprint density at radius 2 is 1.62 bits per heavy atom. The molecular formula is C32H52O2. The first-order valence-electron chi connectivity index (χ1n) is 14.0. The third kappa shape index (κ3) is 8.91. The number of hydrogen-bond acceptors (Lipinski definition) is 2. The molecule has 0 saturated heterocycles. The van der Waals surface area contributed by atoms with Gasteiger partial charge in [0.15, 0.2) is 0 Å². The third-order valence-electron chi connectivity index (χ3n) is 7.67. The van der Waals surface area contributed by atoms with Crippen molar-refractivity contribution in [2.45, 2.75) is 119 Å². The normalized spacial score (nSPS) is 18.6. The molecule has 2 nitrogen and oxygen atoms in total. The van der Waals surface area contributed by atoms with Gasteiger partial charge in [-0.05, 0) is 78.5 Å². The van der Waals surface area contributed by atoms with Crippen LogP contribution in [0.2, 0.25) is 0 Å². The van der Waals surface area contributed by atoms with Crippen LogP contribution in [-0.4, -0.2) is 12.9 Å². The molecule has 2 heteroatoms. The maximum Gasteiger partial charge on any atom is 0.200 e. The predicted octanol–water partition coefficient (Wildman–Crippen LogP) is 9.69. The fraction of sp³-hybridized carbons (Fsp3) is 0.688. The molecule has 0 aliphatic heterocycles. The number of rotatable bonds is 10. The van der Waals surface area contributed by atoms with Gasteiger partial charge in [0, 0.05) is 6.42 Å². The van der Waals surface area contributed by atoms with Crippen LogP contribution in [0.3, 0.4) is 0 Å². The fourth-order valence-electron chi connectivity index (χ4n) is 5.25. The largest absolute Gasteiger partial charge is 0.465 e. The summed E-state index contributed by atoms with van der Waals surface area (Å²) in [6, 6.07) is 8.72. The highest BCUT2D eigenvalue weighted by Crippen LogP contribution is 2.53. The number of hydrogen-bond donors (Lipinski definition) is 0. The summed E-state index contributed by atoms with van der Waals surface area (Å²) in [4.78, 5) is 0. The summed E-state index contributed by atoms with van der Waals surface area (Å²) in [5, 5.41) is 0. The zero-order chi connectivity index (χ0) is 25.0. The molecule has 0 spiro atoms. The molecule has 0 heterocycles. The van der Waals surface area contributed by atoms with Gasteiger partial charge in [-0.3, -0.25) is 0 Å². The molecule has 1 atom stereocenters. The second-order valence-electron chi connectivity index (χ2n) is 11.5. The molecule has 3 rings (SSSR count). The van der Waals surface area contributed by atoms with Crippen LogP contribution in [0, 0.1) is 16.7 Å². The van der Waals surface area contributed by atoms with Crippen LogP contribution in [0.5, 0.6) is 5.75 Å². The molecule has 0 amide bonds. The SMILES string of the molecule is CC.CC(C)CCc1ccc(OC(CC2(C(C)(C)C)CCCCC2)OCC2=CCCC=C2)cc1. The quantitative estimate of drug-likeness (QED) is 0.318. The first-order chi connectivity index (χ1) is 16.3. The van der Waals surface area contributed by atoms with Gasteiger partial charge in [-0.1, -0.05) is 98.1 Å². The van der Waals surface area contributed by atoms with Gasteiger partial charge in [0.05, 0.1) is 6.61 Å². The molecule has 0 radical (unpaired) electrons. The van der Waals surface area contributed by atoms with Crippen molar-refractivity contribution >= 4 is 0 Å². The van der Waals surface area contributed by atoms with Crippen LogP contribution in [0.4, 0.5) is 0 Å². The van der Waals surface area contributed by atoms with Gasteiger partial charge >= 0.3 is 0 Å². The molecule has 1 unspecified atom stereocenters. The van der Waals surface area contributed by atoms with Gasteiger partial charge in [0.2, 0.25) is 6.29 Å². The minimum Gasteiger partial charge on any atom is -0.465 e. The van der Waals surface area contributed by atoms with Crippen molar-refractivity contribution in [3.05, 3.63) is 53.6 Å². The Kier molecular flexibility index (Phi) is 11.9. The van der Waals surface area contributed by atoms with Crippen LogP contribution in [0.25, 0.3) is 0 Å². The predicted molar refractivity (Wildman–Crippen MR) is 147 cm³/mol. The number of allylic oxidation sites excluding steroid dienone is 2. The molecule has 2 aliphatic rings. The molecule has 0 bridgehead atoms. The van der Waals surface area contributed by atoms with Crippen molar-refractivity contribution < 1.29 is 9.47 Å². The van der Waals surface area contributed by atoms with E-state index in [9.17, 15) is 0 Å². The summed E-state index contributed by atoms with van der Waals surface area (Å²) in [6.45, 7) is 16.4.